The van der Waals surface area contributed by atoms with Gasteiger partial charge < -0.3 is 9.47 Å². The van der Waals surface area contributed by atoms with E-state index in [1.807, 2.05) is 19.1 Å². The van der Waals surface area contributed by atoms with Crippen molar-refractivity contribution in [1.82, 2.24) is 0 Å². The predicted molar refractivity (Wildman–Crippen MR) is 60.5 cm³/mol. The number of ketones is 1. The summed E-state index contributed by atoms with van der Waals surface area (Å²) in [4.78, 5) is 23.4. The third kappa shape index (κ3) is 2.06. The highest BCUT2D eigenvalue weighted by molar-refractivity contribution is 6.14. The van der Waals surface area contributed by atoms with Gasteiger partial charge in [-0.05, 0) is 6.92 Å². The Kier molecular flexibility index (Phi) is 2.95. The van der Waals surface area contributed by atoms with E-state index in [1.165, 1.54) is 7.11 Å². The van der Waals surface area contributed by atoms with E-state index in [2.05, 4.69) is 0 Å². The number of rotatable bonds is 3. The maximum absolute atomic E-state index is 12.1. The predicted octanol–water partition coefficient (Wildman–Crippen LogP) is 1.64. The Labute approximate surface area is 98.8 Å². The van der Waals surface area contributed by atoms with Crippen molar-refractivity contribution in [3.8, 4) is 0 Å². The number of carbonyl (C=O) groups excluding carboxylic acids is 2. The summed E-state index contributed by atoms with van der Waals surface area (Å²) in [6, 6.07) is 7.14. The molecule has 0 spiro atoms. The molecule has 1 aliphatic rings. The fourth-order valence-electron chi connectivity index (χ4n) is 1.65. The van der Waals surface area contributed by atoms with Crippen LogP contribution in [0.5, 0.6) is 0 Å². The van der Waals surface area contributed by atoms with Crippen LogP contribution in [0.15, 0.2) is 35.6 Å². The van der Waals surface area contributed by atoms with Crippen molar-refractivity contribution >= 4 is 11.8 Å². The zero-order valence-electron chi connectivity index (χ0n) is 9.65. The molecule has 17 heavy (non-hydrogen) atoms. The first-order chi connectivity index (χ1) is 8.13. The van der Waals surface area contributed by atoms with E-state index in [0.717, 1.165) is 5.56 Å². The minimum atomic E-state index is -0.581. The number of benzene rings is 1. The minimum Gasteiger partial charge on any atom is -0.489 e. The molecule has 2 rings (SSSR count). The molecule has 0 aromatic heterocycles. The molecule has 4 nitrogen and oxygen atoms in total. The number of cyclic esters (lactones) is 1. The lowest BCUT2D eigenvalue weighted by Crippen LogP contribution is -2.07. The number of esters is 1. The monoisotopic (exact) mass is 232 g/mol. The quantitative estimate of drug-likeness (QED) is 0.587. The lowest BCUT2D eigenvalue weighted by atomic mass is 10.0. The number of carbonyl (C=O) groups is 2. The van der Waals surface area contributed by atoms with Crippen molar-refractivity contribution in [3.63, 3.8) is 0 Å². The molecule has 0 unspecified atom stereocenters. The van der Waals surface area contributed by atoms with Crippen LogP contribution in [0.4, 0.5) is 0 Å². The summed E-state index contributed by atoms with van der Waals surface area (Å²) in [7, 11) is 1.35. The SMILES string of the molecule is COC1=C(C(=O)c2ccc(C)cc2)COC1=O. The van der Waals surface area contributed by atoms with Gasteiger partial charge in [0.25, 0.3) is 0 Å². The lowest BCUT2D eigenvalue weighted by Gasteiger charge is -2.02. The van der Waals surface area contributed by atoms with Crippen LogP contribution >= 0.6 is 0 Å². The molecular formula is C13H12O4. The molecule has 1 aromatic rings. The second-order valence-electron chi connectivity index (χ2n) is 3.78. The summed E-state index contributed by atoms with van der Waals surface area (Å²) in [6.07, 6.45) is 0. The normalized spacial score (nSPS) is 14.8. The van der Waals surface area contributed by atoms with Crippen molar-refractivity contribution in [2.75, 3.05) is 13.7 Å². The lowest BCUT2D eigenvalue weighted by molar-refractivity contribution is -0.138. The molecule has 0 aliphatic carbocycles. The van der Waals surface area contributed by atoms with Crippen LogP contribution in [-0.2, 0) is 14.3 Å². The van der Waals surface area contributed by atoms with Crippen molar-refractivity contribution in [2.45, 2.75) is 6.92 Å². The molecule has 0 amide bonds. The van der Waals surface area contributed by atoms with Gasteiger partial charge in [0.15, 0.2) is 5.78 Å². The van der Waals surface area contributed by atoms with E-state index in [1.54, 1.807) is 12.1 Å². The van der Waals surface area contributed by atoms with E-state index in [0.29, 0.717) is 5.56 Å². The molecule has 0 fully saturated rings. The van der Waals surface area contributed by atoms with E-state index in [4.69, 9.17) is 9.47 Å². The summed E-state index contributed by atoms with van der Waals surface area (Å²) in [5, 5.41) is 0. The van der Waals surface area contributed by atoms with Crippen molar-refractivity contribution in [1.29, 1.82) is 0 Å². The molecular weight excluding hydrogens is 220 g/mol. The van der Waals surface area contributed by atoms with Gasteiger partial charge in [0.2, 0.25) is 5.76 Å². The second-order valence-corrected chi connectivity index (χ2v) is 3.78. The van der Waals surface area contributed by atoms with E-state index in [9.17, 15) is 9.59 Å². The van der Waals surface area contributed by atoms with Crippen LogP contribution in [0, 0.1) is 6.92 Å². The third-order valence-electron chi connectivity index (χ3n) is 2.60. The Morgan fingerprint density at radius 3 is 2.53 bits per heavy atom. The van der Waals surface area contributed by atoms with Crippen LogP contribution < -0.4 is 0 Å². The Morgan fingerprint density at radius 2 is 1.94 bits per heavy atom. The Balaban J connectivity index is 2.35. The number of aryl methyl sites for hydroxylation is 1. The number of ether oxygens (including phenoxy) is 2. The van der Waals surface area contributed by atoms with Gasteiger partial charge in [-0.2, -0.15) is 0 Å². The first kappa shape index (κ1) is 11.4. The summed E-state index contributed by atoms with van der Waals surface area (Å²) in [5.41, 5.74) is 1.88. The van der Waals surface area contributed by atoms with Gasteiger partial charge in [-0.1, -0.05) is 29.8 Å². The Hall–Kier alpha value is -2.10. The standard InChI is InChI=1S/C13H12O4/c1-8-3-5-9(6-4-8)11(14)10-7-17-13(15)12(10)16-2/h3-6H,7H2,1-2H3. The van der Waals surface area contributed by atoms with E-state index in [-0.39, 0.29) is 23.7 Å². The van der Waals surface area contributed by atoms with Gasteiger partial charge in [-0.3, -0.25) is 4.79 Å². The molecule has 0 saturated carbocycles. The van der Waals surface area contributed by atoms with Gasteiger partial charge in [-0.25, -0.2) is 4.79 Å². The molecule has 0 bridgehead atoms. The molecule has 0 radical (unpaired) electrons. The molecule has 0 N–H and O–H groups in total. The zero-order chi connectivity index (χ0) is 12.4. The first-order valence-electron chi connectivity index (χ1n) is 5.19. The minimum absolute atomic E-state index is 0.00979. The average molecular weight is 232 g/mol. The summed E-state index contributed by atoms with van der Waals surface area (Å²) in [6.45, 7) is 1.92. The maximum atomic E-state index is 12.1. The van der Waals surface area contributed by atoms with E-state index >= 15 is 0 Å². The van der Waals surface area contributed by atoms with Crippen LogP contribution in [0.3, 0.4) is 0 Å². The van der Waals surface area contributed by atoms with Crippen LogP contribution in [0.1, 0.15) is 15.9 Å². The smallest absolute Gasteiger partial charge is 0.374 e. The van der Waals surface area contributed by atoms with Crippen LogP contribution in [-0.4, -0.2) is 25.5 Å². The van der Waals surface area contributed by atoms with Crippen molar-refractivity contribution in [3.05, 3.63) is 46.7 Å². The number of hydrogen-bond donors (Lipinski definition) is 0. The highest BCUT2D eigenvalue weighted by atomic mass is 16.6. The molecule has 88 valence electrons. The number of Topliss-reactive ketones (excluding diaryl/α,β-unsaturated/α-hetero) is 1. The Bertz CT molecular complexity index is 497. The Morgan fingerprint density at radius 1 is 1.29 bits per heavy atom. The molecule has 4 heteroatoms. The second kappa shape index (κ2) is 4.41. The molecule has 1 aliphatic heterocycles. The fourth-order valence-corrected chi connectivity index (χ4v) is 1.65. The van der Waals surface area contributed by atoms with Crippen LogP contribution in [0.2, 0.25) is 0 Å². The first-order valence-corrected chi connectivity index (χ1v) is 5.19. The molecule has 0 atom stereocenters. The summed E-state index contributed by atoms with van der Waals surface area (Å²) in [5.74, 6) is -0.800. The number of hydrogen-bond acceptors (Lipinski definition) is 4. The molecule has 1 aromatic carbocycles. The topological polar surface area (TPSA) is 52.6 Å². The summed E-state index contributed by atoms with van der Waals surface area (Å²) >= 11 is 0. The van der Waals surface area contributed by atoms with Gasteiger partial charge in [0.1, 0.15) is 6.61 Å². The number of methoxy groups -OCH3 is 1. The zero-order valence-corrected chi connectivity index (χ0v) is 9.65. The fraction of sp³-hybridized carbons (Fsp3) is 0.231. The van der Waals surface area contributed by atoms with E-state index < -0.39 is 5.97 Å². The van der Waals surface area contributed by atoms with Gasteiger partial charge >= 0.3 is 5.97 Å². The van der Waals surface area contributed by atoms with Crippen LogP contribution in [0.25, 0.3) is 0 Å². The van der Waals surface area contributed by atoms with Gasteiger partial charge in [0.05, 0.1) is 12.7 Å². The highest BCUT2D eigenvalue weighted by Gasteiger charge is 2.31. The van der Waals surface area contributed by atoms with Gasteiger partial charge in [-0.15, -0.1) is 0 Å². The summed E-state index contributed by atoms with van der Waals surface area (Å²) < 4.78 is 9.66. The molecule has 0 saturated heterocycles. The van der Waals surface area contributed by atoms with Crippen molar-refractivity contribution < 1.29 is 19.1 Å². The molecule has 1 heterocycles. The van der Waals surface area contributed by atoms with Crippen molar-refractivity contribution in [2.24, 2.45) is 0 Å². The highest BCUT2D eigenvalue weighted by Crippen LogP contribution is 2.20. The average Bonchev–Trinajstić information content (AvgIpc) is 2.70. The van der Waals surface area contributed by atoms with Gasteiger partial charge in [0, 0.05) is 5.56 Å². The largest absolute Gasteiger partial charge is 0.489 e. The third-order valence-corrected chi connectivity index (χ3v) is 2.60. The maximum Gasteiger partial charge on any atom is 0.374 e.